The fourth-order valence-corrected chi connectivity index (χ4v) is 3.46. The number of nitrogens with one attached hydrogen (secondary N) is 1. The molecule has 1 saturated heterocycles. The molecule has 1 aromatic heterocycles. The van der Waals surface area contributed by atoms with Crippen LogP contribution in [0.4, 0.5) is 5.13 Å². The zero-order valence-corrected chi connectivity index (χ0v) is 14.0. The van der Waals surface area contributed by atoms with E-state index in [4.69, 9.17) is 0 Å². The quantitative estimate of drug-likeness (QED) is 0.873. The topological polar surface area (TPSA) is 31.4 Å². The van der Waals surface area contributed by atoms with Crippen LogP contribution in [0.2, 0.25) is 0 Å². The van der Waals surface area contributed by atoms with Crippen LogP contribution in [0.1, 0.15) is 27.7 Å². The van der Waals surface area contributed by atoms with E-state index >= 15 is 0 Å². The first-order valence-corrected chi connectivity index (χ1v) is 8.57. The van der Waals surface area contributed by atoms with Crippen molar-refractivity contribution in [2.24, 2.45) is 5.92 Å². The first-order valence-electron chi connectivity index (χ1n) is 7.69. The summed E-state index contributed by atoms with van der Waals surface area (Å²) in [6.45, 7) is 14.7. The first kappa shape index (κ1) is 15.7. The number of nitrogens with zero attached hydrogens (tertiary/aromatic N) is 3. The predicted octanol–water partition coefficient (Wildman–Crippen LogP) is 2.29. The van der Waals surface area contributed by atoms with Gasteiger partial charge in [-0.15, -0.1) is 11.3 Å². The van der Waals surface area contributed by atoms with E-state index < -0.39 is 0 Å². The van der Waals surface area contributed by atoms with Gasteiger partial charge in [-0.25, -0.2) is 4.98 Å². The molecule has 1 fully saturated rings. The Morgan fingerprint density at radius 2 is 1.90 bits per heavy atom. The van der Waals surface area contributed by atoms with Crippen molar-refractivity contribution in [1.82, 2.24) is 15.2 Å². The lowest BCUT2D eigenvalue weighted by Crippen LogP contribution is -2.55. The smallest absolute Gasteiger partial charge is 0.185 e. The Labute approximate surface area is 127 Å². The SMILES string of the molecule is CC(C)NCC(C(C)C)N1CCN(c2nccs2)CC1. The molecule has 1 aliphatic heterocycles. The van der Waals surface area contributed by atoms with Gasteiger partial charge in [0.1, 0.15) is 0 Å². The molecule has 20 heavy (non-hydrogen) atoms. The van der Waals surface area contributed by atoms with Crippen molar-refractivity contribution in [3.05, 3.63) is 11.6 Å². The van der Waals surface area contributed by atoms with Crippen molar-refractivity contribution < 1.29 is 0 Å². The molecule has 1 atom stereocenters. The molecule has 1 N–H and O–H groups in total. The van der Waals surface area contributed by atoms with Crippen LogP contribution in [-0.4, -0.2) is 54.7 Å². The number of anilines is 1. The minimum atomic E-state index is 0.563. The van der Waals surface area contributed by atoms with E-state index in [1.807, 2.05) is 6.20 Å². The largest absolute Gasteiger partial charge is 0.346 e. The van der Waals surface area contributed by atoms with Gasteiger partial charge in [0.25, 0.3) is 0 Å². The Morgan fingerprint density at radius 1 is 1.20 bits per heavy atom. The van der Waals surface area contributed by atoms with Crippen LogP contribution in [0.3, 0.4) is 0 Å². The predicted molar refractivity (Wildman–Crippen MR) is 87.7 cm³/mol. The molecule has 2 heterocycles. The van der Waals surface area contributed by atoms with Gasteiger partial charge in [0, 0.05) is 56.4 Å². The van der Waals surface area contributed by atoms with Gasteiger partial charge in [0.05, 0.1) is 0 Å². The summed E-state index contributed by atoms with van der Waals surface area (Å²) in [5.74, 6) is 0.688. The van der Waals surface area contributed by atoms with Crippen molar-refractivity contribution in [3.63, 3.8) is 0 Å². The maximum atomic E-state index is 4.42. The molecule has 1 aliphatic rings. The summed E-state index contributed by atoms with van der Waals surface area (Å²) in [5.41, 5.74) is 0. The summed E-state index contributed by atoms with van der Waals surface area (Å²) in [5, 5.41) is 6.83. The number of hydrogen-bond donors (Lipinski definition) is 1. The standard InChI is InChI=1S/C15H28N4S/c1-12(2)14(11-17-13(3)4)18-6-8-19(9-7-18)15-16-5-10-20-15/h5,10,12-14,17H,6-9,11H2,1-4H3. The van der Waals surface area contributed by atoms with Gasteiger partial charge in [-0.05, 0) is 5.92 Å². The molecule has 0 aliphatic carbocycles. The lowest BCUT2D eigenvalue weighted by Gasteiger charge is -2.41. The molecule has 1 aromatic rings. The number of piperazine rings is 1. The van der Waals surface area contributed by atoms with E-state index in [0.29, 0.717) is 18.0 Å². The lowest BCUT2D eigenvalue weighted by atomic mass is 10.0. The fourth-order valence-electron chi connectivity index (χ4n) is 2.76. The van der Waals surface area contributed by atoms with Gasteiger partial charge < -0.3 is 10.2 Å². The molecule has 4 nitrogen and oxygen atoms in total. The number of rotatable bonds is 6. The van der Waals surface area contributed by atoms with E-state index in [2.05, 4.69) is 53.2 Å². The minimum Gasteiger partial charge on any atom is -0.346 e. The normalized spacial score (nSPS) is 19.0. The second-order valence-electron chi connectivity index (χ2n) is 6.21. The molecule has 1 unspecified atom stereocenters. The second kappa shape index (κ2) is 7.38. The van der Waals surface area contributed by atoms with Crippen LogP contribution in [0, 0.1) is 5.92 Å². The summed E-state index contributed by atoms with van der Waals surface area (Å²) < 4.78 is 0. The van der Waals surface area contributed by atoms with Gasteiger partial charge in [0.15, 0.2) is 5.13 Å². The van der Waals surface area contributed by atoms with E-state index in [9.17, 15) is 0 Å². The summed E-state index contributed by atoms with van der Waals surface area (Å²) in [6, 6.07) is 1.20. The molecule has 2 rings (SSSR count). The van der Waals surface area contributed by atoms with Crippen molar-refractivity contribution >= 4 is 16.5 Å². The Bertz CT molecular complexity index is 369. The molecule has 0 aromatic carbocycles. The van der Waals surface area contributed by atoms with Crippen molar-refractivity contribution in [3.8, 4) is 0 Å². The van der Waals surface area contributed by atoms with Gasteiger partial charge >= 0.3 is 0 Å². The number of thiazole rings is 1. The van der Waals surface area contributed by atoms with Crippen LogP contribution in [-0.2, 0) is 0 Å². The molecule has 5 heteroatoms. The minimum absolute atomic E-state index is 0.563. The third-order valence-electron chi connectivity index (χ3n) is 3.98. The number of aromatic nitrogens is 1. The summed E-state index contributed by atoms with van der Waals surface area (Å²) in [6.07, 6.45) is 1.90. The van der Waals surface area contributed by atoms with Gasteiger partial charge in [-0.1, -0.05) is 27.7 Å². The highest BCUT2D eigenvalue weighted by Gasteiger charge is 2.26. The number of hydrogen-bond acceptors (Lipinski definition) is 5. The molecule has 0 saturated carbocycles. The molecule has 0 radical (unpaired) electrons. The second-order valence-corrected chi connectivity index (χ2v) is 7.09. The summed E-state index contributed by atoms with van der Waals surface area (Å²) in [7, 11) is 0. The van der Waals surface area contributed by atoms with Crippen molar-refractivity contribution in [2.45, 2.75) is 39.8 Å². The van der Waals surface area contributed by atoms with Crippen molar-refractivity contribution in [2.75, 3.05) is 37.6 Å². The monoisotopic (exact) mass is 296 g/mol. The van der Waals surface area contributed by atoms with Crippen LogP contribution >= 0.6 is 11.3 Å². The molecule has 114 valence electrons. The highest BCUT2D eigenvalue weighted by atomic mass is 32.1. The van der Waals surface area contributed by atoms with Crippen LogP contribution in [0.5, 0.6) is 0 Å². The molecular weight excluding hydrogens is 268 g/mol. The fraction of sp³-hybridized carbons (Fsp3) is 0.800. The van der Waals surface area contributed by atoms with Crippen LogP contribution in [0.15, 0.2) is 11.6 Å². The van der Waals surface area contributed by atoms with E-state index in [1.54, 1.807) is 11.3 Å². The average Bonchev–Trinajstić information content (AvgIpc) is 2.93. The molecule has 0 bridgehead atoms. The third kappa shape index (κ3) is 4.17. The average molecular weight is 296 g/mol. The molecule has 0 spiro atoms. The highest BCUT2D eigenvalue weighted by molar-refractivity contribution is 7.13. The maximum absolute atomic E-state index is 4.42. The zero-order valence-electron chi connectivity index (χ0n) is 13.2. The van der Waals surface area contributed by atoms with E-state index in [-0.39, 0.29) is 0 Å². The van der Waals surface area contributed by atoms with E-state index in [1.165, 1.54) is 5.13 Å². The van der Waals surface area contributed by atoms with Gasteiger partial charge in [0.2, 0.25) is 0 Å². The Hall–Kier alpha value is -0.650. The Kier molecular flexibility index (Phi) is 5.81. The van der Waals surface area contributed by atoms with Crippen LogP contribution < -0.4 is 10.2 Å². The Balaban J connectivity index is 1.86. The van der Waals surface area contributed by atoms with Crippen molar-refractivity contribution in [1.29, 1.82) is 0 Å². The van der Waals surface area contributed by atoms with E-state index in [0.717, 1.165) is 32.7 Å². The highest BCUT2D eigenvalue weighted by Crippen LogP contribution is 2.21. The first-order chi connectivity index (χ1) is 9.58. The third-order valence-corrected chi connectivity index (χ3v) is 4.81. The van der Waals surface area contributed by atoms with Gasteiger partial charge in [-0.3, -0.25) is 4.90 Å². The maximum Gasteiger partial charge on any atom is 0.185 e. The lowest BCUT2D eigenvalue weighted by molar-refractivity contribution is 0.141. The zero-order chi connectivity index (χ0) is 14.5. The van der Waals surface area contributed by atoms with Gasteiger partial charge in [-0.2, -0.15) is 0 Å². The molecule has 0 amide bonds. The Morgan fingerprint density at radius 3 is 2.40 bits per heavy atom. The molecular formula is C15H28N4S. The summed E-state index contributed by atoms with van der Waals surface area (Å²) in [4.78, 5) is 9.47. The summed E-state index contributed by atoms with van der Waals surface area (Å²) >= 11 is 1.74. The van der Waals surface area contributed by atoms with Crippen LogP contribution in [0.25, 0.3) is 0 Å².